The monoisotopic (exact) mass is 516 g/mol. The third-order valence-electron chi connectivity index (χ3n) is 5.22. The molecular weight excluding hydrogens is 476 g/mol. The number of hydrogen-bond acceptors (Lipinski definition) is 8. The van der Waals surface area contributed by atoms with Crippen molar-refractivity contribution in [2.45, 2.75) is 89.4 Å². The molecule has 0 saturated carbocycles. The first-order valence-corrected chi connectivity index (χ1v) is 11.9. The van der Waals surface area contributed by atoms with E-state index in [4.69, 9.17) is 22.3 Å². The first-order valence-electron chi connectivity index (χ1n) is 11.9. The van der Waals surface area contributed by atoms with Crippen LogP contribution in [0.1, 0.15) is 65.2 Å². The number of carboxylic acid groups (broad SMARTS) is 2. The molecule has 4 unspecified atom stereocenters. The van der Waals surface area contributed by atoms with E-state index in [0.717, 1.165) is 0 Å². The lowest BCUT2D eigenvalue weighted by Crippen LogP contribution is -2.57. The maximum absolute atomic E-state index is 13.0. The van der Waals surface area contributed by atoms with Gasteiger partial charge < -0.3 is 43.4 Å². The lowest BCUT2D eigenvalue weighted by molar-refractivity contribution is -0.143. The highest BCUT2D eigenvalue weighted by Gasteiger charge is 2.30. The van der Waals surface area contributed by atoms with Crippen molar-refractivity contribution >= 4 is 35.6 Å². The summed E-state index contributed by atoms with van der Waals surface area (Å²) in [7, 11) is 0. The molecule has 0 aliphatic carbocycles. The predicted molar refractivity (Wildman–Crippen MR) is 129 cm³/mol. The minimum atomic E-state index is -1.36. The number of carboxylic acids is 2. The summed E-state index contributed by atoms with van der Waals surface area (Å²) < 4.78 is 0. The molecule has 0 spiro atoms. The summed E-state index contributed by atoms with van der Waals surface area (Å²) in [5.74, 6) is -5.52. The SMILES string of the molecule is CC(C)CC(NC(=O)C(CCC(=O)O)NC(=O)C(CCCCN)NC(=O)C(N)CCC(N)=O)C(=O)O. The molecule has 14 heteroatoms. The summed E-state index contributed by atoms with van der Waals surface area (Å²) >= 11 is 0. The Morgan fingerprint density at radius 2 is 1.28 bits per heavy atom. The fraction of sp³-hybridized carbons (Fsp3) is 0.727. The smallest absolute Gasteiger partial charge is 0.326 e. The Bertz CT molecular complexity index is 776. The number of rotatable bonds is 19. The molecule has 0 aliphatic heterocycles. The molecule has 14 nitrogen and oxygen atoms in total. The summed E-state index contributed by atoms with van der Waals surface area (Å²) in [5.41, 5.74) is 16.3. The second-order valence-electron chi connectivity index (χ2n) is 8.98. The summed E-state index contributed by atoms with van der Waals surface area (Å²) in [6.07, 6.45) is 0.340. The van der Waals surface area contributed by atoms with E-state index < -0.39 is 66.2 Å². The van der Waals surface area contributed by atoms with Gasteiger partial charge in [0.15, 0.2) is 0 Å². The highest BCUT2D eigenvalue weighted by Crippen LogP contribution is 2.08. The van der Waals surface area contributed by atoms with Crippen LogP contribution in [0.15, 0.2) is 0 Å². The zero-order valence-electron chi connectivity index (χ0n) is 20.8. The third-order valence-corrected chi connectivity index (χ3v) is 5.22. The molecule has 0 rings (SSSR count). The van der Waals surface area contributed by atoms with E-state index in [1.54, 1.807) is 13.8 Å². The van der Waals surface area contributed by atoms with Gasteiger partial charge in [-0.15, -0.1) is 0 Å². The predicted octanol–water partition coefficient (Wildman–Crippen LogP) is -1.84. The number of unbranched alkanes of at least 4 members (excludes halogenated alkanes) is 1. The fourth-order valence-electron chi connectivity index (χ4n) is 3.24. The maximum Gasteiger partial charge on any atom is 0.326 e. The van der Waals surface area contributed by atoms with Crippen molar-refractivity contribution in [3.8, 4) is 0 Å². The Labute approximate surface area is 210 Å². The molecule has 0 fully saturated rings. The maximum atomic E-state index is 13.0. The van der Waals surface area contributed by atoms with Crippen LogP contribution in [-0.4, -0.2) is 76.5 Å². The summed E-state index contributed by atoms with van der Waals surface area (Å²) in [5, 5.41) is 25.7. The minimum absolute atomic E-state index is 0.0334. The van der Waals surface area contributed by atoms with Crippen molar-refractivity contribution in [2.24, 2.45) is 23.1 Å². The number of hydrogen-bond donors (Lipinski definition) is 8. The van der Waals surface area contributed by atoms with Crippen molar-refractivity contribution in [1.82, 2.24) is 16.0 Å². The first-order chi connectivity index (χ1) is 16.8. The normalized spacial score (nSPS) is 14.2. The Morgan fingerprint density at radius 1 is 0.750 bits per heavy atom. The molecular formula is C22H40N6O8. The Kier molecular flexibility index (Phi) is 15.7. The van der Waals surface area contributed by atoms with Gasteiger partial charge in [0, 0.05) is 12.8 Å². The number of primary amides is 1. The van der Waals surface area contributed by atoms with Gasteiger partial charge in [-0.2, -0.15) is 0 Å². The van der Waals surface area contributed by atoms with Crippen LogP contribution in [0, 0.1) is 5.92 Å². The molecule has 0 heterocycles. The van der Waals surface area contributed by atoms with Crippen LogP contribution in [0.4, 0.5) is 0 Å². The molecule has 0 bridgehead atoms. The number of carbonyl (C=O) groups is 6. The molecule has 36 heavy (non-hydrogen) atoms. The van der Waals surface area contributed by atoms with Crippen LogP contribution in [-0.2, 0) is 28.8 Å². The van der Waals surface area contributed by atoms with Gasteiger partial charge in [0.05, 0.1) is 6.04 Å². The van der Waals surface area contributed by atoms with Crippen molar-refractivity contribution < 1.29 is 39.0 Å². The number of amides is 4. The highest BCUT2D eigenvalue weighted by molar-refractivity contribution is 5.94. The topological polar surface area (TPSA) is 257 Å². The average molecular weight is 517 g/mol. The van der Waals surface area contributed by atoms with Crippen molar-refractivity contribution in [1.29, 1.82) is 0 Å². The standard InChI is InChI=1S/C22H40N6O8/c1-12(2)11-16(22(35)36)28-21(34)15(7-9-18(30)31)27-20(33)14(5-3-4-10-23)26-19(32)13(24)6-8-17(25)29/h12-16H,3-11,23-24H2,1-2H3,(H2,25,29)(H,26,32)(H,27,33)(H,28,34)(H,30,31)(H,35,36). The Balaban J connectivity index is 5.57. The zero-order valence-corrected chi connectivity index (χ0v) is 20.8. The summed E-state index contributed by atoms with van der Waals surface area (Å²) in [6.45, 7) is 3.89. The van der Waals surface area contributed by atoms with Gasteiger partial charge in [-0.1, -0.05) is 13.8 Å². The van der Waals surface area contributed by atoms with E-state index in [1.807, 2.05) is 0 Å². The van der Waals surface area contributed by atoms with Crippen LogP contribution >= 0.6 is 0 Å². The van der Waals surface area contributed by atoms with Crippen LogP contribution < -0.4 is 33.2 Å². The fourth-order valence-corrected chi connectivity index (χ4v) is 3.24. The second-order valence-corrected chi connectivity index (χ2v) is 8.98. The number of aliphatic carboxylic acids is 2. The van der Waals surface area contributed by atoms with Gasteiger partial charge in [0.2, 0.25) is 23.6 Å². The minimum Gasteiger partial charge on any atom is -0.481 e. The summed E-state index contributed by atoms with van der Waals surface area (Å²) in [4.78, 5) is 71.8. The van der Waals surface area contributed by atoms with Gasteiger partial charge in [-0.25, -0.2) is 4.79 Å². The van der Waals surface area contributed by atoms with Crippen LogP contribution in [0.3, 0.4) is 0 Å². The van der Waals surface area contributed by atoms with E-state index in [9.17, 15) is 33.9 Å². The van der Waals surface area contributed by atoms with Crippen molar-refractivity contribution in [2.75, 3.05) is 6.54 Å². The largest absolute Gasteiger partial charge is 0.481 e. The van der Waals surface area contributed by atoms with Crippen LogP contribution in [0.5, 0.6) is 0 Å². The van der Waals surface area contributed by atoms with Crippen LogP contribution in [0.2, 0.25) is 0 Å². The molecule has 0 aliphatic rings. The molecule has 0 aromatic carbocycles. The average Bonchev–Trinajstić information content (AvgIpc) is 2.78. The molecule has 0 aromatic rings. The van der Waals surface area contributed by atoms with Crippen molar-refractivity contribution in [3.63, 3.8) is 0 Å². The van der Waals surface area contributed by atoms with E-state index in [-0.39, 0.29) is 38.0 Å². The lowest BCUT2D eigenvalue weighted by Gasteiger charge is -2.25. The van der Waals surface area contributed by atoms with E-state index >= 15 is 0 Å². The molecule has 0 radical (unpaired) electrons. The van der Waals surface area contributed by atoms with Gasteiger partial charge >= 0.3 is 11.9 Å². The Hall–Kier alpha value is -3.26. The van der Waals surface area contributed by atoms with E-state index in [0.29, 0.717) is 19.4 Å². The molecule has 0 saturated heterocycles. The first kappa shape index (κ1) is 32.7. The zero-order chi connectivity index (χ0) is 27.8. The van der Waals surface area contributed by atoms with Gasteiger partial charge in [-0.3, -0.25) is 24.0 Å². The number of carbonyl (C=O) groups excluding carboxylic acids is 4. The van der Waals surface area contributed by atoms with Gasteiger partial charge in [-0.05, 0) is 51.0 Å². The lowest BCUT2D eigenvalue weighted by atomic mass is 10.0. The molecule has 0 aromatic heterocycles. The van der Waals surface area contributed by atoms with Crippen molar-refractivity contribution in [3.05, 3.63) is 0 Å². The third kappa shape index (κ3) is 14.2. The summed E-state index contributed by atoms with van der Waals surface area (Å²) in [6, 6.07) is -4.83. The molecule has 11 N–H and O–H groups in total. The van der Waals surface area contributed by atoms with Gasteiger partial charge in [0.1, 0.15) is 18.1 Å². The quantitative estimate of drug-likeness (QED) is 0.0889. The van der Waals surface area contributed by atoms with E-state index in [1.165, 1.54) is 0 Å². The Morgan fingerprint density at radius 3 is 1.75 bits per heavy atom. The highest BCUT2D eigenvalue weighted by atomic mass is 16.4. The van der Waals surface area contributed by atoms with Crippen LogP contribution in [0.25, 0.3) is 0 Å². The van der Waals surface area contributed by atoms with E-state index in [2.05, 4.69) is 16.0 Å². The molecule has 206 valence electrons. The number of nitrogens with one attached hydrogen (secondary N) is 3. The second kappa shape index (κ2) is 17.2. The molecule has 4 amide bonds. The number of nitrogens with two attached hydrogens (primary N) is 3. The van der Waals surface area contributed by atoms with Gasteiger partial charge in [0.25, 0.3) is 0 Å². The molecule has 4 atom stereocenters.